The van der Waals surface area contributed by atoms with E-state index < -0.39 is 0 Å². The molecule has 2 N–H and O–H groups in total. The van der Waals surface area contributed by atoms with E-state index in [4.69, 9.17) is 14.5 Å². The molecule has 0 amide bonds. The van der Waals surface area contributed by atoms with Crippen molar-refractivity contribution in [3.8, 4) is 11.5 Å². The molecule has 1 saturated carbocycles. The predicted octanol–water partition coefficient (Wildman–Crippen LogP) is 3.32. The molecule has 1 aliphatic carbocycles. The quantitative estimate of drug-likeness (QED) is 0.390. The largest absolute Gasteiger partial charge is 0.486 e. The van der Waals surface area contributed by atoms with Crippen molar-refractivity contribution in [1.82, 2.24) is 10.6 Å². The number of benzene rings is 1. The Bertz CT molecular complexity index is 600. The Morgan fingerprint density at radius 2 is 1.88 bits per heavy atom. The lowest BCUT2D eigenvalue weighted by molar-refractivity contribution is 0.171. The number of guanidine groups is 1. The van der Waals surface area contributed by atoms with Crippen molar-refractivity contribution in [2.45, 2.75) is 39.0 Å². The number of hydrogen-bond donors (Lipinski definition) is 2. The molecule has 0 radical (unpaired) electrons. The molecular weight excluding hydrogens is 429 g/mol. The Hall–Kier alpha value is -1.18. The fraction of sp³-hybridized carbons (Fsp3) is 0.632. The van der Waals surface area contributed by atoms with Gasteiger partial charge < -0.3 is 20.1 Å². The fourth-order valence-electron chi connectivity index (χ4n) is 2.74. The molecule has 0 saturated heterocycles. The van der Waals surface area contributed by atoms with Crippen LogP contribution in [0.4, 0.5) is 0 Å². The highest BCUT2D eigenvalue weighted by Crippen LogP contribution is 2.35. The average Bonchev–Trinajstić information content (AvgIpc) is 3.41. The van der Waals surface area contributed by atoms with E-state index >= 15 is 0 Å². The van der Waals surface area contributed by atoms with Crippen LogP contribution < -0.4 is 20.1 Å². The van der Waals surface area contributed by atoms with Gasteiger partial charge in [0, 0.05) is 18.5 Å². The molecule has 3 rings (SSSR count). The van der Waals surface area contributed by atoms with Crippen LogP contribution in [0.15, 0.2) is 23.2 Å². The Labute approximate surface area is 168 Å². The van der Waals surface area contributed by atoms with Crippen LogP contribution in [0.2, 0.25) is 0 Å². The minimum absolute atomic E-state index is 0. The van der Waals surface area contributed by atoms with E-state index in [0.29, 0.717) is 19.8 Å². The summed E-state index contributed by atoms with van der Waals surface area (Å²) >= 11 is 0. The molecule has 1 aromatic carbocycles. The molecular formula is C19H30IN3O2. The maximum absolute atomic E-state index is 5.71. The van der Waals surface area contributed by atoms with E-state index in [-0.39, 0.29) is 29.4 Å². The smallest absolute Gasteiger partial charge is 0.191 e. The van der Waals surface area contributed by atoms with Crippen molar-refractivity contribution in [3.05, 3.63) is 23.8 Å². The van der Waals surface area contributed by atoms with Gasteiger partial charge >= 0.3 is 0 Å². The summed E-state index contributed by atoms with van der Waals surface area (Å²) in [5.74, 6) is 3.42. The molecule has 0 aromatic heterocycles. The molecule has 140 valence electrons. The number of fused-ring (bicyclic) bond motifs is 1. The second kappa shape index (κ2) is 8.96. The van der Waals surface area contributed by atoms with E-state index in [1.165, 1.54) is 18.4 Å². The normalized spacial score (nSPS) is 16.8. The fourth-order valence-corrected chi connectivity index (χ4v) is 2.74. The number of ether oxygens (including phenoxy) is 2. The van der Waals surface area contributed by atoms with Crippen LogP contribution in [0.1, 0.15) is 39.2 Å². The van der Waals surface area contributed by atoms with Crippen molar-refractivity contribution in [1.29, 1.82) is 0 Å². The number of aliphatic imine (C=N–C) groups is 1. The lowest BCUT2D eigenvalue weighted by Crippen LogP contribution is -2.39. The van der Waals surface area contributed by atoms with Crippen LogP contribution in [-0.2, 0) is 5.41 Å². The number of nitrogens with zero attached hydrogens (tertiary/aromatic N) is 1. The minimum Gasteiger partial charge on any atom is -0.486 e. The number of hydrogen-bond acceptors (Lipinski definition) is 3. The Morgan fingerprint density at radius 3 is 2.56 bits per heavy atom. The van der Waals surface area contributed by atoms with Gasteiger partial charge in [-0.25, -0.2) is 0 Å². The first-order chi connectivity index (χ1) is 11.6. The van der Waals surface area contributed by atoms with Crippen LogP contribution in [0, 0.1) is 5.92 Å². The van der Waals surface area contributed by atoms with Gasteiger partial charge in [-0.15, -0.1) is 24.0 Å². The summed E-state index contributed by atoms with van der Waals surface area (Å²) in [6.45, 7) is 10.4. The SMILES string of the molecule is CCNC(=NCC(C)(C)c1ccc2c(c1)OCCO2)NCC1CC1.I. The molecule has 0 unspecified atom stereocenters. The Morgan fingerprint density at radius 1 is 1.16 bits per heavy atom. The van der Waals surface area contributed by atoms with Gasteiger partial charge in [0.25, 0.3) is 0 Å². The highest BCUT2D eigenvalue weighted by atomic mass is 127. The van der Waals surface area contributed by atoms with E-state index in [1.807, 2.05) is 6.07 Å². The van der Waals surface area contributed by atoms with Crippen LogP contribution >= 0.6 is 24.0 Å². The summed E-state index contributed by atoms with van der Waals surface area (Å²) in [4.78, 5) is 4.80. The maximum Gasteiger partial charge on any atom is 0.191 e. The molecule has 1 aliphatic heterocycles. The second-order valence-corrected chi connectivity index (χ2v) is 7.26. The summed E-state index contributed by atoms with van der Waals surface area (Å²) in [6.07, 6.45) is 2.68. The molecule has 25 heavy (non-hydrogen) atoms. The van der Waals surface area contributed by atoms with E-state index in [9.17, 15) is 0 Å². The monoisotopic (exact) mass is 459 g/mol. The molecule has 1 fully saturated rings. The van der Waals surface area contributed by atoms with Crippen molar-refractivity contribution in [3.63, 3.8) is 0 Å². The zero-order valence-electron chi connectivity index (χ0n) is 15.4. The van der Waals surface area contributed by atoms with Gasteiger partial charge in [0.2, 0.25) is 0 Å². The molecule has 0 atom stereocenters. The zero-order valence-corrected chi connectivity index (χ0v) is 17.8. The average molecular weight is 459 g/mol. The van der Waals surface area contributed by atoms with Crippen molar-refractivity contribution >= 4 is 29.9 Å². The van der Waals surface area contributed by atoms with Crippen LogP contribution in [-0.4, -0.2) is 38.8 Å². The molecule has 5 nitrogen and oxygen atoms in total. The van der Waals surface area contributed by atoms with E-state index in [2.05, 4.69) is 43.5 Å². The third-order valence-corrected chi connectivity index (χ3v) is 4.56. The van der Waals surface area contributed by atoms with Crippen molar-refractivity contribution in [2.24, 2.45) is 10.9 Å². The van der Waals surface area contributed by atoms with Gasteiger partial charge in [-0.3, -0.25) is 4.99 Å². The highest BCUT2D eigenvalue weighted by Gasteiger charge is 2.24. The molecule has 1 aromatic rings. The standard InChI is InChI=1S/C19H29N3O2.HI/c1-4-20-18(21-12-14-5-6-14)22-13-19(2,3)15-7-8-16-17(11-15)24-10-9-23-16;/h7-8,11,14H,4-6,9-10,12-13H2,1-3H3,(H2,20,21,22);1H. The minimum atomic E-state index is -0.0717. The van der Waals surface area contributed by atoms with Crippen LogP contribution in [0.25, 0.3) is 0 Å². The molecule has 0 spiro atoms. The molecule has 6 heteroatoms. The summed E-state index contributed by atoms with van der Waals surface area (Å²) < 4.78 is 11.3. The lowest BCUT2D eigenvalue weighted by Gasteiger charge is -2.26. The first-order valence-electron chi connectivity index (χ1n) is 9.01. The highest BCUT2D eigenvalue weighted by molar-refractivity contribution is 14.0. The zero-order chi connectivity index (χ0) is 17.0. The number of rotatable bonds is 6. The summed E-state index contributed by atoms with van der Waals surface area (Å²) in [6, 6.07) is 6.22. The van der Waals surface area contributed by atoms with Gasteiger partial charge in [0.15, 0.2) is 17.5 Å². The van der Waals surface area contributed by atoms with E-state index in [0.717, 1.165) is 36.5 Å². The Kier molecular flexibility index (Phi) is 7.22. The molecule has 0 bridgehead atoms. The lowest BCUT2D eigenvalue weighted by atomic mass is 9.84. The van der Waals surface area contributed by atoms with Gasteiger partial charge in [0.1, 0.15) is 13.2 Å². The van der Waals surface area contributed by atoms with Crippen molar-refractivity contribution in [2.75, 3.05) is 32.8 Å². The Balaban J connectivity index is 0.00000225. The molecule has 2 aliphatic rings. The first-order valence-corrected chi connectivity index (χ1v) is 9.01. The first kappa shape index (κ1) is 20.1. The second-order valence-electron chi connectivity index (χ2n) is 7.26. The summed E-state index contributed by atoms with van der Waals surface area (Å²) in [7, 11) is 0. The third-order valence-electron chi connectivity index (χ3n) is 4.56. The van der Waals surface area contributed by atoms with Gasteiger partial charge in [-0.1, -0.05) is 19.9 Å². The van der Waals surface area contributed by atoms with Gasteiger partial charge in [0.05, 0.1) is 6.54 Å². The van der Waals surface area contributed by atoms with E-state index in [1.54, 1.807) is 0 Å². The van der Waals surface area contributed by atoms with Gasteiger partial charge in [-0.2, -0.15) is 0 Å². The van der Waals surface area contributed by atoms with Crippen molar-refractivity contribution < 1.29 is 9.47 Å². The topological polar surface area (TPSA) is 54.9 Å². The number of halogens is 1. The van der Waals surface area contributed by atoms with Gasteiger partial charge in [-0.05, 0) is 43.4 Å². The predicted molar refractivity (Wildman–Crippen MR) is 113 cm³/mol. The summed E-state index contributed by atoms with van der Waals surface area (Å²) in [5, 5.41) is 6.78. The third kappa shape index (κ3) is 5.66. The maximum atomic E-state index is 5.71. The molecule has 1 heterocycles. The van der Waals surface area contributed by atoms with Crippen LogP contribution in [0.3, 0.4) is 0 Å². The number of nitrogens with one attached hydrogen (secondary N) is 2. The van der Waals surface area contributed by atoms with Crippen LogP contribution in [0.5, 0.6) is 11.5 Å². The summed E-state index contributed by atoms with van der Waals surface area (Å²) in [5.41, 5.74) is 1.14.